The van der Waals surface area contributed by atoms with Crippen molar-refractivity contribution >= 4 is 34.6 Å². The summed E-state index contributed by atoms with van der Waals surface area (Å²) >= 11 is 7.09. The molecule has 0 bridgehead atoms. The largest absolute Gasteiger partial charge is 0.348 e. The number of thiophene rings is 1. The van der Waals surface area contributed by atoms with Crippen LogP contribution in [-0.4, -0.2) is 55.2 Å². The molecule has 0 fully saturated rings. The first-order valence-corrected chi connectivity index (χ1v) is 7.34. The van der Waals surface area contributed by atoms with Crippen LogP contribution in [-0.2, 0) is 4.79 Å². The second-order valence-corrected chi connectivity index (χ2v) is 6.24. The lowest BCUT2D eigenvalue weighted by molar-refractivity contribution is -0.129. The zero-order chi connectivity index (χ0) is 14.4. The molecule has 1 amide bonds. The topological polar surface area (TPSA) is 40.6 Å². The van der Waals surface area contributed by atoms with E-state index in [1.807, 2.05) is 11.8 Å². The van der Waals surface area contributed by atoms with Crippen molar-refractivity contribution in [1.82, 2.24) is 9.80 Å². The molecular formula is C13H19ClN2O2S. The number of hydrogen-bond donors (Lipinski definition) is 0. The van der Waals surface area contributed by atoms with Crippen LogP contribution < -0.4 is 0 Å². The van der Waals surface area contributed by atoms with Crippen molar-refractivity contribution in [3.8, 4) is 0 Å². The van der Waals surface area contributed by atoms with Crippen molar-refractivity contribution < 1.29 is 9.59 Å². The number of ketones is 1. The first-order valence-electron chi connectivity index (χ1n) is 6.15. The number of halogens is 1. The van der Waals surface area contributed by atoms with E-state index in [9.17, 15) is 9.59 Å². The van der Waals surface area contributed by atoms with Gasteiger partial charge in [-0.2, -0.15) is 0 Å². The van der Waals surface area contributed by atoms with Crippen LogP contribution in [0.25, 0.3) is 0 Å². The summed E-state index contributed by atoms with van der Waals surface area (Å²) in [6.07, 6.45) is 0.902. The summed E-state index contributed by atoms with van der Waals surface area (Å²) in [5.41, 5.74) is 0. The van der Waals surface area contributed by atoms with Gasteiger partial charge in [0.1, 0.15) is 0 Å². The third kappa shape index (κ3) is 5.30. The van der Waals surface area contributed by atoms with Crippen molar-refractivity contribution in [1.29, 1.82) is 0 Å². The molecule has 1 aromatic rings. The summed E-state index contributed by atoms with van der Waals surface area (Å²) in [5, 5.41) is 0. The Morgan fingerprint density at radius 2 is 1.95 bits per heavy atom. The summed E-state index contributed by atoms with van der Waals surface area (Å²) < 4.78 is 0.606. The van der Waals surface area contributed by atoms with Crippen molar-refractivity contribution in [2.45, 2.75) is 13.3 Å². The molecule has 6 heteroatoms. The summed E-state index contributed by atoms with van der Waals surface area (Å²) in [6, 6.07) is 3.45. The van der Waals surface area contributed by atoms with Gasteiger partial charge in [-0.1, -0.05) is 18.5 Å². The number of likely N-dealkylation sites (N-methyl/N-ethyl adjacent to an activating group) is 1. The fourth-order valence-electron chi connectivity index (χ4n) is 1.61. The second kappa shape index (κ2) is 7.62. The van der Waals surface area contributed by atoms with Crippen molar-refractivity contribution in [3.05, 3.63) is 21.3 Å². The van der Waals surface area contributed by atoms with Gasteiger partial charge in [0.05, 0.1) is 22.3 Å². The number of Topliss-reactive ketones (excluding diaryl/α,β-unsaturated/α-hetero) is 1. The minimum absolute atomic E-state index is 0.00506. The fourth-order valence-corrected chi connectivity index (χ4v) is 2.58. The molecule has 0 aliphatic carbocycles. The van der Waals surface area contributed by atoms with Gasteiger partial charge in [0.2, 0.25) is 5.91 Å². The molecule has 0 saturated carbocycles. The lowest BCUT2D eigenvalue weighted by Gasteiger charge is -2.21. The lowest BCUT2D eigenvalue weighted by atomic mass is 10.2. The Labute approximate surface area is 123 Å². The van der Waals surface area contributed by atoms with Gasteiger partial charge in [0.25, 0.3) is 0 Å². The Kier molecular flexibility index (Phi) is 6.48. The molecule has 4 nitrogen and oxygen atoms in total. The molecule has 19 heavy (non-hydrogen) atoms. The van der Waals surface area contributed by atoms with E-state index in [1.165, 1.54) is 16.2 Å². The van der Waals surface area contributed by atoms with E-state index >= 15 is 0 Å². The minimum Gasteiger partial charge on any atom is -0.348 e. The molecule has 0 aromatic carbocycles. The van der Waals surface area contributed by atoms with Crippen LogP contribution in [0.1, 0.15) is 23.0 Å². The van der Waals surface area contributed by atoms with Crippen molar-refractivity contribution in [2.75, 3.05) is 33.7 Å². The number of amides is 1. The zero-order valence-corrected chi connectivity index (χ0v) is 13.1. The molecule has 0 radical (unpaired) electrons. The minimum atomic E-state index is 0.00506. The van der Waals surface area contributed by atoms with Crippen molar-refractivity contribution in [3.63, 3.8) is 0 Å². The molecule has 1 rings (SSSR count). The van der Waals surface area contributed by atoms with Crippen LogP contribution in [0, 0.1) is 0 Å². The lowest BCUT2D eigenvalue weighted by Crippen LogP contribution is -2.39. The number of nitrogens with zero attached hydrogens (tertiary/aromatic N) is 2. The number of hydrogen-bond acceptors (Lipinski definition) is 4. The van der Waals surface area contributed by atoms with Gasteiger partial charge in [-0.15, -0.1) is 11.3 Å². The van der Waals surface area contributed by atoms with Crippen LogP contribution in [0.2, 0.25) is 4.34 Å². The first-order chi connectivity index (χ1) is 8.93. The molecule has 0 unspecified atom stereocenters. The van der Waals surface area contributed by atoms with E-state index < -0.39 is 0 Å². The highest BCUT2D eigenvalue weighted by atomic mass is 35.5. The van der Waals surface area contributed by atoms with E-state index in [0.717, 1.165) is 13.0 Å². The van der Waals surface area contributed by atoms with E-state index in [0.29, 0.717) is 9.21 Å². The number of carbonyl (C=O) groups is 2. The highest BCUT2D eigenvalue weighted by molar-refractivity contribution is 7.18. The van der Waals surface area contributed by atoms with Gasteiger partial charge in [-0.3, -0.25) is 14.5 Å². The Balaban J connectivity index is 2.62. The maximum Gasteiger partial charge on any atom is 0.236 e. The summed E-state index contributed by atoms with van der Waals surface area (Å²) in [4.78, 5) is 27.8. The average Bonchev–Trinajstić information content (AvgIpc) is 2.76. The monoisotopic (exact) mass is 302 g/mol. The van der Waals surface area contributed by atoms with Gasteiger partial charge in [-0.25, -0.2) is 0 Å². The van der Waals surface area contributed by atoms with Crippen LogP contribution >= 0.6 is 22.9 Å². The second-order valence-electron chi connectivity index (χ2n) is 4.53. The van der Waals surface area contributed by atoms with Gasteiger partial charge >= 0.3 is 0 Å². The standard InChI is InChI=1S/C13H19ClN2O2S/c1-4-7-16(9-13(18)15(2)3)8-10(17)11-5-6-12(14)19-11/h5-6H,4,7-9H2,1-3H3. The fraction of sp³-hybridized carbons (Fsp3) is 0.538. The van der Waals surface area contributed by atoms with Gasteiger partial charge in [0.15, 0.2) is 5.78 Å². The van der Waals surface area contributed by atoms with Gasteiger partial charge in [0, 0.05) is 14.1 Å². The van der Waals surface area contributed by atoms with Crippen LogP contribution in [0.3, 0.4) is 0 Å². The molecule has 0 aliphatic rings. The predicted molar refractivity (Wildman–Crippen MR) is 79.1 cm³/mol. The van der Waals surface area contributed by atoms with Crippen LogP contribution in [0.5, 0.6) is 0 Å². The smallest absolute Gasteiger partial charge is 0.236 e. The third-order valence-electron chi connectivity index (χ3n) is 2.61. The summed E-state index contributed by atoms with van der Waals surface area (Å²) in [7, 11) is 3.43. The molecule has 0 atom stereocenters. The van der Waals surface area contributed by atoms with E-state index in [4.69, 9.17) is 11.6 Å². The first kappa shape index (κ1) is 16.1. The highest BCUT2D eigenvalue weighted by Gasteiger charge is 2.17. The highest BCUT2D eigenvalue weighted by Crippen LogP contribution is 2.21. The van der Waals surface area contributed by atoms with Crippen LogP contribution in [0.15, 0.2) is 12.1 Å². The molecular weight excluding hydrogens is 284 g/mol. The molecule has 0 spiro atoms. The Morgan fingerprint density at radius 1 is 1.26 bits per heavy atom. The normalized spacial score (nSPS) is 10.8. The molecule has 106 valence electrons. The Morgan fingerprint density at radius 3 is 2.42 bits per heavy atom. The summed E-state index contributed by atoms with van der Waals surface area (Å²) in [6.45, 7) is 3.28. The number of carbonyl (C=O) groups excluding carboxylic acids is 2. The van der Waals surface area contributed by atoms with E-state index in [-0.39, 0.29) is 24.8 Å². The van der Waals surface area contributed by atoms with E-state index in [1.54, 1.807) is 26.2 Å². The Hall–Kier alpha value is -0.910. The molecule has 0 aliphatic heterocycles. The maximum absolute atomic E-state index is 12.1. The van der Waals surface area contributed by atoms with Gasteiger partial charge in [-0.05, 0) is 25.1 Å². The zero-order valence-electron chi connectivity index (χ0n) is 11.5. The van der Waals surface area contributed by atoms with Crippen molar-refractivity contribution in [2.24, 2.45) is 0 Å². The molecule has 0 saturated heterocycles. The van der Waals surface area contributed by atoms with E-state index in [2.05, 4.69) is 0 Å². The Bertz CT molecular complexity index is 446. The maximum atomic E-state index is 12.1. The molecule has 1 heterocycles. The predicted octanol–water partition coefficient (Wildman–Crippen LogP) is 2.38. The third-order valence-corrected chi connectivity index (χ3v) is 3.88. The molecule has 0 N–H and O–H groups in total. The van der Waals surface area contributed by atoms with Crippen LogP contribution in [0.4, 0.5) is 0 Å². The molecule has 1 aromatic heterocycles. The summed E-state index contributed by atoms with van der Waals surface area (Å²) in [5.74, 6) is 0.0161. The number of rotatable bonds is 7. The van der Waals surface area contributed by atoms with Gasteiger partial charge < -0.3 is 4.90 Å². The quantitative estimate of drug-likeness (QED) is 0.726. The average molecular weight is 303 g/mol. The SMILES string of the molecule is CCCN(CC(=O)c1ccc(Cl)s1)CC(=O)N(C)C.